The third kappa shape index (κ3) is 2.79. The summed E-state index contributed by atoms with van der Waals surface area (Å²) in [5.41, 5.74) is 0.160. The first kappa shape index (κ1) is 16.5. The van der Waals surface area contributed by atoms with Crippen molar-refractivity contribution in [1.82, 2.24) is 4.98 Å². The molecule has 6 heteroatoms. The number of hydrogen-bond acceptors (Lipinski definition) is 6. The van der Waals surface area contributed by atoms with Gasteiger partial charge in [-0.2, -0.15) is 0 Å². The van der Waals surface area contributed by atoms with Gasteiger partial charge in [0.1, 0.15) is 11.7 Å². The molecule has 0 unspecified atom stereocenters. The van der Waals surface area contributed by atoms with Gasteiger partial charge in [0.15, 0.2) is 5.75 Å². The summed E-state index contributed by atoms with van der Waals surface area (Å²) < 4.78 is 11.4. The number of aromatic nitrogens is 1. The fourth-order valence-electron chi connectivity index (χ4n) is 3.83. The maximum Gasteiger partial charge on any atom is 0.163 e. The van der Waals surface area contributed by atoms with E-state index in [9.17, 15) is 10.2 Å². The second kappa shape index (κ2) is 5.92. The molecule has 0 bridgehead atoms. The molecule has 128 valence electrons. The molecule has 1 aromatic rings. The van der Waals surface area contributed by atoms with Crippen molar-refractivity contribution in [1.29, 1.82) is 0 Å². The average Bonchev–Trinajstić information content (AvgIpc) is 2.53. The van der Waals surface area contributed by atoms with Crippen LogP contribution in [0.3, 0.4) is 0 Å². The number of rotatable bonds is 2. The van der Waals surface area contributed by atoms with Crippen molar-refractivity contribution in [2.45, 2.75) is 50.4 Å². The van der Waals surface area contributed by atoms with Crippen molar-refractivity contribution < 1.29 is 19.7 Å². The minimum atomic E-state index is -1.08. The van der Waals surface area contributed by atoms with Gasteiger partial charge in [0.2, 0.25) is 0 Å². The van der Waals surface area contributed by atoms with Crippen LogP contribution in [0.15, 0.2) is 12.3 Å². The zero-order valence-electron chi connectivity index (χ0n) is 14.1. The van der Waals surface area contributed by atoms with Crippen LogP contribution in [-0.4, -0.2) is 59.3 Å². The molecular weight excluding hydrogens is 296 g/mol. The van der Waals surface area contributed by atoms with Gasteiger partial charge in [-0.15, -0.1) is 0 Å². The number of methoxy groups -OCH3 is 1. The average molecular weight is 322 g/mol. The number of aliphatic hydroxyl groups is 2. The van der Waals surface area contributed by atoms with Gasteiger partial charge >= 0.3 is 0 Å². The van der Waals surface area contributed by atoms with E-state index in [-0.39, 0.29) is 0 Å². The normalized spacial score (nSPS) is 30.5. The van der Waals surface area contributed by atoms with Gasteiger partial charge in [-0.3, -0.25) is 4.98 Å². The summed E-state index contributed by atoms with van der Waals surface area (Å²) in [6.07, 6.45) is 2.75. The minimum Gasteiger partial charge on any atom is -0.493 e. The van der Waals surface area contributed by atoms with Gasteiger partial charge in [-0.05, 0) is 32.8 Å². The minimum absolute atomic E-state index is 0.469. The maximum absolute atomic E-state index is 10.6. The van der Waals surface area contributed by atoms with E-state index in [0.29, 0.717) is 25.9 Å². The van der Waals surface area contributed by atoms with E-state index in [1.54, 1.807) is 20.2 Å². The number of anilines is 1. The molecule has 2 saturated heterocycles. The van der Waals surface area contributed by atoms with E-state index in [1.165, 1.54) is 0 Å². The van der Waals surface area contributed by atoms with Crippen LogP contribution in [0.25, 0.3) is 0 Å². The Balaban J connectivity index is 1.78. The van der Waals surface area contributed by atoms with E-state index in [4.69, 9.17) is 9.47 Å². The highest BCUT2D eigenvalue weighted by atomic mass is 16.5. The lowest BCUT2D eigenvalue weighted by molar-refractivity contribution is -0.239. The molecule has 2 atom stereocenters. The van der Waals surface area contributed by atoms with Crippen molar-refractivity contribution in [3.8, 4) is 5.75 Å². The Bertz CT molecular complexity index is 568. The summed E-state index contributed by atoms with van der Waals surface area (Å²) in [5.74, 6) is 0.792. The second-order valence-electron chi connectivity index (χ2n) is 6.86. The van der Waals surface area contributed by atoms with Crippen LogP contribution in [0.1, 0.15) is 31.9 Å². The molecule has 3 heterocycles. The van der Waals surface area contributed by atoms with Crippen LogP contribution >= 0.6 is 0 Å². The van der Waals surface area contributed by atoms with Crippen LogP contribution in [0.4, 0.5) is 5.69 Å². The Kier molecular flexibility index (Phi) is 4.25. The van der Waals surface area contributed by atoms with Crippen molar-refractivity contribution >= 4 is 5.69 Å². The van der Waals surface area contributed by atoms with Gasteiger partial charge in [0.25, 0.3) is 0 Å². The zero-order chi connectivity index (χ0) is 16.7. The van der Waals surface area contributed by atoms with Crippen molar-refractivity contribution in [3.05, 3.63) is 18.0 Å². The lowest BCUT2D eigenvalue weighted by Gasteiger charge is -2.52. The molecule has 2 aliphatic heterocycles. The molecule has 2 fully saturated rings. The molecule has 0 aromatic carbocycles. The summed E-state index contributed by atoms with van der Waals surface area (Å²) in [7, 11) is 1.66. The van der Waals surface area contributed by atoms with Crippen molar-refractivity contribution in [3.63, 3.8) is 0 Å². The molecule has 0 radical (unpaired) electrons. The lowest BCUT2D eigenvalue weighted by atomic mass is 9.75. The number of nitrogens with zero attached hydrogens (tertiary/aromatic N) is 2. The Labute approximate surface area is 137 Å². The highest BCUT2D eigenvalue weighted by Crippen LogP contribution is 2.42. The summed E-state index contributed by atoms with van der Waals surface area (Å²) in [4.78, 5) is 6.50. The van der Waals surface area contributed by atoms with Crippen LogP contribution in [0.5, 0.6) is 5.75 Å². The Hall–Kier alpha value is -1.37. The maximum atomic E-state index is 10.6. The van der Waals surface area contributed by atoms with Gasteiger partial charge < -0.3 is 24.6 Å². The molecule has 0 aliphatic carbocycles. The van der Waals surface area contributed by atoms with Gasteiger partial charge in [-0.1, -0.05) is 0 Å². The first-order chi connectivity index (χ1) is 10.9. The number of hydrogen-bond donors (Lipinski definition) is 2. The summed E-state index contributed by atoms with van der Waals surface area (Å²) in [6.45, 7) is 5.60. The second-order valence-corrected chi connectivity index (χ2v) is 6.86. The number of piperidine rings is 1. The van der Waals surface area contributed by atoms with Gasteiger partial charge in [0.05, 0.1) is 30.7 Å². The topological polar surface area (TPSA) is 75.1 Å². The highest BCUT2D eigenvalue weighted by Gasteiger charge is 2.52. The Morgan fingerprint density at radius 1 is 1.35 bits per heavy atom. The number of aryl methyl sites for hydroxylation is 1. The van der Waals surface area contributed by atoms with Crippen molar-refractivity contribution in [2.75, 3.05) is 31.7 Å². The molecule has 0 amide bonds. The quantitative estimate of drug-likeness (QED) is 0.854. The smallest absolute Gasteiger partial charge is 0.163 e. The predicted molar refractivity (Wildman–Crippen MR) is 86.9 cm³/mol. The first-order valence-corrected chi connectivity index (χ1v) is 8.18. The Morgan fingerprint density at radius 3 is 2.70 bits per heavy atom. The van der Waals surface area contributed by atoms with E-state index >= 15 is 0 Å². The number of aliphatic hydroxyl groups excluding tert-OH is 1. The largest absolute Gasteiger partial charge is 0.493 e. The molecule has 0 saturated carbocycles. The van der Waals surface area contributed by atoms with Crippen molar-refractivity contribution in [2.24, 2.45) is 0 Å². The SMILES string of the molecule is COc1c(N2CCC3(CC2)OCC[C@@](C)(O)[C@@H]3O)ccnc1C. The van der Waals surface area contributed by atoms with E-state index in [0.717, 1.165) is 30.2 Å². The molecule has 1 spiro atoms. The first-order valence-electron chi connectivity index (χ1n) is 8.18. The van der Waals surface area contributed by atoms with E-state index in [1.807, 2.05) is 13.0 Å². The van der Waals surface area contributed by atoms with E-state index < -0.39 is 17.3 Å². The molecular formula is C17H26N2O4. The van der Waals surface area contributed by atoms with E-state index in [2.05, 4.69) is 9.88 Å². The van der Waals surface area contributed by atoms with Crippen LogP contribution in [0.2, 0.25) is 0 Å². The Morgan fingerprint density at radius 2 is 2.04 bits per heavy atom. The fourth-order valence-corrected chi connectivity index (χ4v) is 3.83. The summed E-state index contributed by atoms with van der Waals surface area (Å²) in [5, 5.41) is 21.0. The van der Waals surface area contributed by atoms with Crippen LogP contribution in [0, 0.1) is 6.92 Å². The standard InChI is InChI=1S/C17H26N2O4/c1-12-14(22-3)13(4-8-18-12)19-9-5-17(6-10-19)15(20)16(2,21)7-11-23-17/h4,8,15,20-21H,5-7,9-11H2,1-3H3/t15-,16+/m0/s1. The monoisotopic (exact) mass is 322 g/mol. The zero-order valence-corrected chi connectivity index (χ0v) is 14.1. The molecule has 2 aliphatic rings. The summed E-state index contributed by atoms with van der Waals surface area (Å²) >= 11 is 0. The fraction of sp³-hybridized carbons (Fsp3) is 0.706. The number of ether oxygens (including phenoxy) is 2. The predicted octanol–water partition coefficient (Wildman–Crippen LogP) is 1.27. The number of pyridine rings is 1. The summed E-state index contributed by atoms with van der Waals surface area (Å²) in [6, 6.07) is 1.96. The van der Waals surface area contributed by atoms with Gasteiger partial charge in [-0.25, -0.2) is 0 Å². The molecule has 23 heavy (non-hydrogen) atoms. The lowest BCUT2D eigenvalue weighted by Crippen LogP contribution is -2.64. The molecule has 3 rings (SSSR count). The molecule has 1 aromatic heterocycles. The van der Waals surface area contributed by atoms with Gasteiger partial charge in [0, 0.05) is 25.7 Å². The third-order valence-corrected chi connectivity index (χ3v) is 5.30. The molecule has 6 nitrogen and oxygen atoms in total. The third-order valence-electron chi connectivity index (χ3n) is 5.30. The van der Waals surface area contributed by atoms with Crippen LogP contribution in [-0.2, 0) is 4.74 Å². The molecule has 2 N–H and O–H groups in total. The highest BCUT2D eigenvalue weighted by molar-refractivity contribution is 5.60. The van der Waals surface area contributed by atoms with Crippen LogP contribution < -0.4 is 9.64 Å².